The first-order chi connectivity index (χ1) is 11.5. The average molecular weight is 419 g/mol. The molecule has 0 unspecified atom stereocenters. The molecule has 0 aliphatic carbocycles. The van der Waals surface area contributed by atoms with Crippen molar-refractivity contribution in [3.63, 3.8) is 0 Å². The van der Waals surface area contributed by atoms with E-state index >= 15 is 0 Å². The van der Waals surface area contributed by atoms with E-state index in [2.05, 4.69) is 10.6 Å². The van der Waals surface area contributed by atoms with Gasteiger partial charge in [-0.15, -0.1) is 24.8 Å². The van der Waals surface area contributed by atoms with Gasteiger partial charge in [0.05, 0.1) is 13.2 Å². The number of hydrogen-bond donors (Lipinski definition) is 4. The number of nitrogens with two attached hydrogens (primary N) is 2. The van der Waals surface area contributed by atoms with Crippen LogP contribution in [0.15, 0.2) is 0 Å². The number of unbranched alkanes of at least 4 members (excludes halogenated alkanes) is 2. The highest BCUT2D eigenvalue weighted by molar-refractivity contribution is 5.85. The van der Waals surface area contributed by atoms with Crippen molar-refractivity contribution >= 4 is 37.0 Å². The van der Waals surface area contributed by atoms with Gasteiger partial charge in [-0.25, -0.2) is 9.59 Å². The summed E-state index contributed by atoms with van der Waals surface area (Å²) in [5.74, 6) is 0. The van der Waals surface area contributed by atoms with Gasteiger partial charge in [0.15, 0.2) is 0 Å². The van der Waals surface area contributed by atoms with Crippen LogP contribution in [0.4, 0.5) is 9.59 Å². The molecule has 0 atom stereocenters. The third-order valence-corrected chi connectivity index (χ3v) is 3.67. The lowest BCUT2D eigenvalue weighted by Gasteiger charge is -2.27. The smallest absolute Gasteiger partial charge is 0.407 e. The normalized spacial score (nSPS) is 10.2. The van der Waals surface area contributed by atoms with Crippen LogP contribution >= 0.6 is 24.8 Å². The van der Waals surface area contributed by atoms with Gasteiger partial charge in [0, 0.05) is 38.0 Å². The highest BCUT2D eigenvalue weighted by Crippen LogP contribution is 2.11. The van der Waals surface area contributed by atoms with E-state index in [-0.39, 0.29) is 44.6 Å². The van der Waals surface area contributed by atoms with Gasteiger partial charge in [-0.05, 0) is 12.8 Å². The zero-order chi connectivity index (χ0) is 18.3. The molecule has 0 aromatic heterocycles. The summed E-state index contributed by atoms with van der Waals surface area (Å²) >= 11 is 0. The number of amides is 2. The van der Waals surface area contributed by atoms with Crippen LogP contribution in [-0.4, -0.2) is 50.6 Å². The maximum absolute atomic E-state index is 11.4. The molecule has 0 fully saturated rings. The monoisotopic (exact) mass is 418 g/mol. The molecule has 0 radical (unpaired) electrons. The Balaban J connectivity index is -0.00000264. The summed E-state index contributed by atoms with van der Waals surface area (Å²) in [6.07, 6.45) is 3.75. The SMILES string of the molecule is CCCCNC(=O)OCCC(N)(CN)CCOC(=O)NCCCC.Cl.Cl. The maximum Gasteiger partial charge on any atom is 0.407 e. The summed E-state index contributed by atoms with van der Waals surface area (Å²) in [6.45, 7) is 5.85. The maximum atomic E-state index is 11.4. The first-order valence-electron chi connectivity index (χ1n) is 8.77. The van der Waals surface area contributed by atoms with Crippen molar-refractivity contribution in [1.82, 2.24) is 10.6 Å². The topological polar surface area (TPSA) is 129 Å². The van der Waals surface area contributed by atoms with Gasteiger partial charge < -0.3 is 31.6 Å². The fourth-order valence-corrected chi connectivity index (χ4v) is 1.86. The van der Waals surface area contributed by atoms with Crippen LogP contribution in [0.25, 0.3) is 0 Å². The number of alkyl carbamates (subject to hydrolysis) is 2. The quantitative estimate of drug-likeness (QED) is 0.339. The minimum atomic E-state index is -0.729. The highest BCUT2D eigenvalue weighted by Gasteiger charge is 2.24. The number of ether oxygens (including phenoxy) is 2. The number of nitrogens with one attached hydrogen (secondary N) is 2. The zero-order valence-electron chi connectivity index (χ0n) is 15.9. The van der Waals surface area contributed by atoms with E-state index in [9.17, 15) is 9.59 Å². The second kappa shape index (κ2) is 18.8. The lowest BCUT2D eigenvalue weighted by atomic mass is 9.93. The van der Waals surface area contributed by atoms with E-state index in [4.69, 9.17) is 20.9 Å². The molecular formula is C16H36Cl2N4O4. The summed E-state index contributed by atoms with van der Waals surface area (Å²) < 4.78 is 10.1. The number of carbonyl (C=O) groups is 2. The molecule has 8 nitrogen and oxygen atoms in total. The lowest BCUT2D eigenvalue weighted by Crippen LogP contribution is -2.49. The minimum absolute atomic E-state index is 0. The molecule has 26 heavy (non-hydrogen) atoms. The van der Waals surface area contributed by atoms with Crippen molar-refractivity contribution in [3.05, 3.63) is 0 Å². The highest BCUT2D eigenvalue weighted by atomic mass is 35.5. The number of carbonyl (C=O) groups excluding carboxylic acids is 2. The molecule has 0 aromatic rings. The van der Waals surface area contributed by atoms with Gasteiger partial charge in [0.25, 0.3) is 0 Å². The molecule has 0 bridgehead atoms. The van der Waals surface area contributed by atoms with Gasteiger partial charge in [0.2, 0.25) is 0 Å². The second-order valence-electron chi connectivity index (χ2n) is 5.90. The van der Waals surface area contributed by atoms with Gasteiger partial charge in [0.1, 0.15) is 0 Å². The van der Waals surface area contributed by atoms with E-state index in [0.29, 0.717) is 25.9 Å². The third-order valence-electron chi connectivity index (χ3n) is 3.67. The standard InChI is InChI=1S/C16H34N4O4.2ClH/c1-3-5-9-19-14(21)23-11-7-16(18,13-17)8-12-24-15(22)20-10-6-4-2;;/h3-13,17-18H2,1-2H3,(H,19,21)(H,20,22);2*1H. The fourth-order valence-electron chi connectivity index (χ4n) is 1.86. The number of rotatable bonds is 13. The van der Waals surface area contributed by atoms with Gasteiger partial charge in [-0.2, -0.15) is 0 Å². The summed E-state index contributed by atoms with van der Waals surface area (Å²) in [7, 11) is 0. The molecule has 6 N–H and O–H groups in total. The Morgan fingerprint density at radius 3 is 1.58 bits per heavy atom. The Bertz CT molecular complexity index is 335. The van der Waals surface area contributed by atoms with Crippen LogP contribution in [-0.2, 0) is 9.47 Å². The second-order valence-corrected chi connectivity index (χ2v) is 5.90. The summed E-state index contributed by atoms with van der Waals surface area (Å²) in [5.41, 5.74) is 11.1. The first-order valence-corrected chi connectivity index (χ1v) is 8.77. The average Bonchev–Trinajstić information content (AvgIpc) is 2.55. The Kier molecular flexibility index (Phi) is 21.6. The fraction of sp³-hybridized carbons (Fsp3) is 0.875. The minimum Gasteiger partial charge on any atom is -0.449 e. The molecule has 0 spiro atoms. The van der Waals surface area contributed by atoms with E-state index < -0.39 is 17.7 Å². The van der Waals surface area contributed by atoms with Crippen molar-refractivity contribution in [2.45, 2.75) is 57.9 Å². The molecule has 10 heteroatoms. The van der Waals surface area contributed by atoms with Crippen molar-refractivity contribution in [3.8, 4) is 0 Å². The summed E-state index contributed by atoms with van der Waals surface area (Å²) in [4.78, 5) is 22.9. The Hall–Kier alpha value is -0.960. The van der Waals surface area contributed by atoms with Crippen molar-refractivity contribution in [2.75, 3.05) is 32.8 Å². The van der Waals surface area contributed by atoms with E-state index in [1.807, 2.05) is 13.8 Å². The van der Waals surface area contributed by atoms with Crippen LogP contribution in [0.2, 0.25) is 0 Å². The molecule has 0 rings (SSSR count). The Morgan fingerprint density at radius 2 is 1.27 bits per heavy atom. The van der Waals surface area contributed by atoms with Gasteiger partial charge in [-0.1, -0.05) is 26.7 Å². The molecular weight excluding hydrogens is 383 g/mol. The first kappa shape index (κ1) is 29.8. The molecule has 2 amide bonds. The van der Waals surface area contributed by atoms with Crippen LogP contribution in [0.1, 0.15) is 52.4 Å². The van der Waals surface area contributed by atoms with Crippen LogP contribution in [0, 0.1) is 0 Å². The van der Waals surface area contributed by atoms with Gasteiger partial charge >= 0.3 is 12.2 Å². The van der Waals surface area contributed by atoms with E-state index in [1.165, 1.54) is 0 Å². The van der Waals surface area contributed by atoms with Crippen LogP contribution in [0.5, 0.6) is 0 Å². The van der Waals surface area contributed by atoms with E-state index in [0.717, 1.165) is 25.7 Å². The predicted octanol–water partition coefficient (Wildman–Crippen LogP) is 2.32. The zero-order valence-corrected chi connectivity index (χ0v) is 17.5. The number of hydrogen-bond acceptors (Lipinski definition) is 6. The third kappa shape index (κ3) is 16.5. The van der Waals surface area contributed by atoms with Crippen molar-refractivity contribution in [1.29, 1.82) is 0 Å². The predicted molar refractivity (Wildman–Crippen MR) is 108 cm³/mol. The van der Waals surface area contributed by atoms with Gasteiger partial charge in [-0.3, -0.25) is 0 Å². The Morgan fingerprint density at radius 1 is 0.885 bits per heavy atom. The van der Waals surface area contributed by atoms with Crippen LogP contribution < -0.4 is 22.1 Å². The molecule has 0 aliphatic rings. The van der Waals surface area contributed by atoms with Crippen LogP contribution in [0.3, 0.4) is 0 Å². The Labute approximate surface area is 169 Å². The van der Waals surface area contributed by atoms with E-state index in [1.54, 1.807) is 0 Å². The largest absolute Gasteiger partial charge is 0.449 e. The van der Waals surface area contributed by atoms with Crippen molar-refractivity contribution < 1.29 is 19.1 Å². The molecule has 0 aliphatic heterocycles. The molecule has 0 saturated heterocycles. The number of halogens is 2. The molecule has 158 valence electrons. The molecule has 0 saturated carbocycles. The summed E-state index contributed by atoms with van der Waals surface area (Å²) in [5, 5.41) is 5.32. The van der Waals surface area contributed by atoms with Crippen molar-refractivity contribution in [2.24, 2.45) is 11.5 Å². The lowest BCUT2D eigenvalue weighted by molar-refractivity contribution is 0.119. The molecule has 0 aromatic carbocycles. The molecule has 0 heterocycles. The summed E-state index contributed by atoms with van der Waals surface area (Å²) in [6, 6.07) is 0.